The van der Waals surface area contributed by atoms with E-state index in [4.69, 9.17) is 26.3 Å². The number of hydrogen-bond acceptors (Lipinski definition) is 5. The number of amides is 2. The van der Waals surface area contributed by atoms with Crippen molar-refractivity contribution in [3.05, 3.63) is 70.7 Å². The van der Waals surface area contributed by atoms with Crippen LogP contribution in [0.1, 0.15) is 29.3 Å². The Morgan fingerprint density at radius 2 is 1.76 bits per heavy atom. The van der Waals surface area contributed by atoms with Crippen molar-refractivity contribution in [2.75, 3.05) is 13.4 Å². The molecule has 0 saturated heterocycles. The molecule has 0 aliphatic heterocycles. The predicted octanol–water partition coefficient (Wildman–Crippen LogP) is 3.16. The number of hydrogen-bond donors (Lipinski definition) is 3. The second kappa shape index (κ2) is 12.2. The molecule has 0 spiro atoms. The zero-order valence-electron chi connectivity index (χ0n) is 16.1. The van der Waals surface area contributed by atoms with E-state index < -0.39 is 17.9 Å². The molecule has 0 fully saturated rings. The zero-order chi connectivity index (χ0) is 21.1. The van der Waals surface area contributed by atoms with Crippen molar-refractivity contribution < 1.29 is 24.3 Å². The van der Waals surface area contributed by atoms with Gasteiger partial charge in [-0.25, -0.2) is 5.48 Å². The van der Waals surface area contributed by atoms with E-state index in [1.54, 1.807) is 36.7 Å². The highest BCUT2D eigenvalue weighted by Crippen LogP contribution is 2.12. The number of carbonyl (C=O) groups is 2. The third-order valence-corrected chi connectivity index (χ3v) is 4.49. The molecule has 0 heterocycles. The number of ether oxygens (including phenoxy) is 2. The van der Waals surface area contributed by atoms with Crippen molar-refractivity contribution in [2.24, 2.45) is 5.92 Å². The Labute approximate surface area is 174 Å². The van der Waals surface area contributed by atoms with Gasteiger partial charge in [0.05, 0.1) is 19.3 Å². The van der Waals surface area contributed by atoms with Gasteiger partial charge >= 0.3 is 0 Å². The number of rotatable bonds is 11. The minimum absolute atomic E-state index is 0.0444. The van der Waals surface area contributed by atoms with E-state index in [0.29, 0.717) is 17.2 Å². The predicted molar refractivity (Wildman–Crippen MR) is 108 cm³/mol. The second-order valence-corrected chi connectivity index (χ2v) is 7.05. The fraction of sp³-hybridized carbons (Fsp3) is 0.333. The van der Waals surface area contributed by atoms with Crippen molar-refractivity contribution in [1.29, 1.82) is 0 Å². The van der Waals surface area contributed by atoms with Gasteiger partial charge in [0.25, 0.3) is 5.91 Å². The van der Waals surface area contributed by atoms with E-state index in [1.807, 2.05) is 30.3 Å². The van der Waals surface area contributed by atoms with Gasteiger partial charge in [-0.1, -0.05) is 48.9 Å². The van der Waals surface area contributed by atoms with Crippen LogP contribution in [0.15, 0.2) is 54.6 Å². The van der Waals surface area contributed by atoms with Crippen LogP contribution in [0.2, 0.25) is 5.02 Å². The molecular formula is C21H25ClN2O5. The van der Waals surface area contributed by atoms with E-state index in [-0.39, 0.29) is 25.7 Å². The number of carbonyl (C=O) groups excluding carboxylic acids is 2. The molecule has 8 heteroatoms. The van der Waals surface area contributed by atoms with Crippen LogP contribution < -0.4 is 10.8 Å². The van der Waals surface area contributed by atoms with Gasteiger partial charge in [-0.15, -0.1) is 0 Å². The summed E-state index contributed by atoms with van der Waals surface area (Å²) >= 11 is 5.85. The van der Waals surface area contributed by atoms with Crippen molar-refractivity contribution in [2.45, 2.75) is 26.0 Å². The van der Waals surface area contributed by atoms with Crippen LogP contribution in [0.25, 0.3) is 0 Å². The van der Waals surface area contributed by atoms with Gasteiger partial charge in [0.15, 0.2) is 0 Å². The third-order valence-electron chi connectivity index (χ3n) is 4.23. The minimum Gasteiger partial charge on any atom is -0.353 e. The van der Waals surface area contributed by atoms with Crippen LogP contribution >= 0.6 is 11.6 Å². The molecule has 0 unspecified atom stereocenters. The average molecular weight is 421 g/mol. The molecule has 156 valence electrons. The van der Waals surface area contributed by atoms with Crippen molar-refractivity contribution in [3.63, 3.8) is 0 Å². The van der Waals surface area contributed by atoms with Crippen LogP contribution in [0.4, 0.5) is 0 Å². The van der Waals surface area contributed by atoms with Crippen molar-refractivity contribution >= 4 is 23.4 Å². The zero-order valence-corrected chi connectivity index (χ0v) is 16.9. The van der Waals surface area contributed by atoms with Gasteiger partial charge in [-0.3, -0.25) is 14.8 Å². The van der Waals surface area contributed by atoms with Crippen molar-refractivity contribution in [3.8, 4) is 0 Å². The largest absolute Gasteiger partial charge is 0.353 e. The molecule has 2 aromatic carbocycles. The Bertz CT molecular complexity index is 770. The first-order valence-electron chi connectivity index (χ1n) is 9.19. The van der Waals surface area contributed by atoms with Gasteiger partial charge in [0.2, 0.25) is 5.91 Å². The normalized spacial score (nSPS) is 12.8. The van der Waals surface area contributed by atoms with Crippen LogP contribution in [0.5, 0.6) is 0 Å². The summed E-state index contributed by atoms with van der Waals surface area (Å²) < 4.78 is 11.0. The molecule has 2 amide bonds. The number of nitrogens with one attached hydrogen (secondary N) is 2. The summed E-state index contributed by atoms with van der Waals surface area (Å²) in [6.07, 6.45) is 0.282. The molecule has 3 N–H and O–H groups in total. The molecular weight excluding hydrogens is 396 g/mol. The Balaban J connectivity index is 1.87. The van der Waals surface area contributed by atoms with Gasteiger partial charge in [-0.2, -0.15) is 0 Å². The topological polar surface area (TPSA) is 96.9 Å². The Hall–Kier alpha value is -2.45. The molecule has 0 aliphatic rings. The van der Waals surface area contributed by atoms with Gasteiger partial charge in [0, 0.05) is 16.5 Å². The van der Waals surface area contributed by atoms with E-state index in [9.17, 15) is 9.59 Å². The summed E-state index contributed by atoms with van der Waals surface area (Å²) in [7, 11) is 0. The van der Waals surface area contributed by atoms with Crippen LogP contribution in [-0.2, 0) is 20.9 Å². The van der Waals surface area contributed by atoms with Gasteiger partial charge in [0.1, 0.15) is 6.79 Å². The SMILES string of the molecule is C[C@@H](C[C@@H](COCOCc1ccccc1)NC(=O)c1ccc(Cl)cc1)C(=O)NO. The molecule has 0 aromatic heterocycles. The van der Waals surface area contributed by atoms with E-state index in [0.717, 1.165) is 5.56 Å². The summed E-state index contributed by atoms with van der Waals surface area (Å²) in [6, 6.07) is 15.7. The monoisotopic (exact) mass is 420 g/mol. The van der Waals surface area contributed by atoms with E-state index >= 15 is 0 Å². The molecule has 2 rings (SSSR count). The van der Waals surface area contributed by atoms with E-state index in [1.165, 1.54) is 0 Å². The maximum atomic E-state index is 12.5. The highest BCUT2D eigenvalue weighted by molar-refractivity contribution is 6.30. The van der Waals surface area contributed by atoms with E-state index in [2.05, 4.69) is 5.32 Å². The summed E-state index contributed by atoms with van der Waals surface area (Å²) in [5, 5.41) is 12.2. The second-order valence-electron chi connectivity index (χ2n) is 6.61. The molecule has 7 nitrogen and oxygen atoms in total. The Morgan fingerprint density at radius 3 is 2.41 bits per heavy atom. The Kier molecular flexibility index (Phi) is 9.59. The summed E-state index contributed by atoms with van der Waals surface area (Å²) in [6.45, 7) is 2.25. The third kappa shape index (κ3) is 8.21. The molecule has 0 radical (unpaired) electrons. The molecule has 0 bridgehead atoms. The quantitative estimate of drug-likeness (QED) is 0.224. The first-order chi connectivity index (χ1) is 14.0. The number of hydroxylamine groups is 1. The first kappa shape index (κ1) is 22.8. The fourth-order valence-corrected chi connectivity index (χ4v) is 2.79. The number of halogens is 1. The lowest BCUT2D eigenvalue weighted by Crippen LogP contribution is -2.41. The molecule has 0 aliphatic carbocycles. The summed E-state index contributed by atoms with van der Waals surface area (Å²) in [5.41, 5.74) is 3.09. The van der Waals surface area contributed by atoms with Gasteiger partial charge in [-0.05, 0) is 36.2 Å². The first-order valence-corrected chi connectivity index (χ1v) is 9.57. The minimum atomic E-state index is -0.531. The molecule has 0 saturated carbocycles. The molecule has 2 atom stereocenters. The maximum Gasteiger partial charge on any atom is 0.251 e. The number of benzene rings is 2. The lowest BCUT2D eigenvalue weighted by atomic mass is 10.0. The average Bonchev–Trinajstić information content (AvgIpc) is 2.73. The van der Waals surface area contributed by atoms with Crippen LogP contribution in [-0.4, -0.2) is 36.5 Å². The fourth-order valence-electron chi connectivity index (χ4n) is 2.67. The summed E-state index contributed by atoms with van der Waals surface area (Å²) in [4.78, 5) is 24.1. The van der Waals surface area contributed by atoms with Gasteiger partial charge < -0.3 is 14.8 Å². The van der Waals surface area contributed by atoms with Crippen molar-refractivity contribution in [1.82, 2.24) is 10.8 Å². The lowest BCUT2D eigenvalue weighted by molar-refractivity contribution is -0.133. The smallest absolute Gasteiger partial charge is 0.251 e. The molecule has 29 heavy (non-hydrogen) atoms. The molecule has 2 aromatic rings. The van der Waals surface area contributed by atoms with Crippen LogP contribution in [0, 0.1) is 5.92 Å². The lowest BCUT2D eigenvalue weighted by Gasteiger charge is -2.21. The maximum absolute atomic E-state index is 12.5. The highest BCUT2D eigenvalue weighted by atomic mass is 35.5. The van der Waals surface area contributed by atoms with Crippen LogP contribution in [0.3, 0.4) is 0 Å². The highest BCUT2D eigenvalue weighted by Gasteiger charge is 2.21. The standard InChI is InChI=1S/C21H25ClN2O5/c1-15(20(25)24-27)11-19(23-21(26)17-7-9-18(22)10-8-17)13-29-14-28-12-16-5-3-2-4-6-16/h2-10,15,19,27H,11-14H2,1H3,(H,23,26)(H,24,25)/t15-,19-/m0/s1. The summed E-state index contributed by atoms with van der Waals surface area (Å²) in [5.74, 6) is -1.36. The Morgan fingerprint density at radius 1 is 1.07 bits per heavy atom.